The fourth-order valence-electron chi connectivity index (χ4n) is 6.49. The van der Waals surface area contributed by atoms with Crippen molar-refractivity contribution >= 4 is 95.2 Å². The second-order valence-electron chi connectivity index (χ2n) is 11.5. The van der Waals surface area contributed by atoms with E-state index in [0.29, 0.717) is 0 Å². The Balaban J connectivity index is 0.979. The molecule has 2 nitrogen and oxygen atoms in total. The van der Waals surface area contributed by atoms with E-state index in [1.807, 2.05) is 35.1 Å². The number of fused-ring (bicyclic) bond motifs is 8. The molecule has 0 amide bonds. The maximum atomic E-state index is 4.76. The molecule has 5 heteroatoms. The molecule has 0 fully saturated rings. The predicted molar refractivity (Wildman–Crippen MR) is 197 cm³/mol. The van der Waals surface area contributed by atoms with Gasteiger partial charge < -0.3 is 0 Å². The third-order valence-corrected chi connectivity index (χ3v) is 12.3. The van der Waals surface area contributed by atoms with Gasteiger partial charge >= 0.3 is 0 Å². The largest absolute Gasteiger partial charge is 0.236 e. The topological polar surface area (TPSA) is 25.8 Å². The van der Waals surface area contributed by atoms with Crippen LogP contribution in [0.5, 0.6) is 0 Å². The third-order valence-electron chi connectivity index (χ3n) is 8.83. The summed E-state index contributed by atoms with van der Waals surface area (Å²) in [4.78, 5) is 9.53. The zero-order valence-electron chi connectivity index (χ0n) is 23.8. The van der Waals surface area contributed by atoms with Gasteiger partial charge in [-0.3, -0.25) is 0 Å². The first kappa shape index (κ1) is 25.4. The Hall–Kier alpha value is -4.94. The van der Waals surface area contributed by atoms with Crippen LogP contribution < -0.4 is 0 Å². The molecular weight excluding hydrogens is 605 g/mol. The van der Waals surface area contributed by atoms with Gasteiger partial charge in [0, 0.05) is 59.3 Å². The van der Waals surface area contributed by atoms with E-state index in [1.165, 1.54) is 72.3 Å². The normalized spacial score (nSPS) is 12.0. The van der Waals surface area contributed by atoms with Crippen molar-refractivity contribution < 1.29 is 0 Å². The molecule has 0 N–H and O–H groups in total. The average molecular weight is 627 g/mol. The van der Waals surface area contributed by atoms with Crippen LogP contribution in [0.15, 0.2) is 133 Å². The van der Waals surface area contributed by atoms with E-state index >= 15 is 0 Å². The molecule has 0 spiro atoms. The van der Waals surface area contributed by atoms with E-state index in [1.54, 1.807) is 11.3 Å². The molecule has 0 aliphatic carbocycles. The monoisotopic (exact) mass is 626 g/mol. The maximum Gasteiger partial charge on any atom is 0.159 e. The predicted octanol–water partition coefficient (Wildman–Crippen LogP) is 12.6. The number of aromatic nitrogens is 2. The highest BCUT2D eigenvalue weighted by molar-refractivity contribution is 7.36. The molecule has 4 aromatic heterocycles. The van der Waals surface area contributed by atoms with Crippen molar-refractivity contribution in [2.24, 2.45) is 0 Å². The van der Waals surface area contributed by atoms with Crippen LogP contribution in [0.25, 0.3) is 94.8 Å². The van der Waals surface area contributed by atoms with Gasteiger partial charge in [0.25, 0.3) is 0 Å². The smallest absolute Gasteiger partial charge is 0.159 e. The number of nitrogens with zero attached hydrogens (tertiary/aromatic N) is 2. The molecule has 0 saturated carbocycles. The van der Waals surface area contributed by atoms with Crippen LogP contribution in [0.1, 0.15) is 0 Å². The first-order valence-corrected chi connectivity index (χ1v) is 17.4. The van der Waals surface area contributed by atoms with Crippen molar-refractivity contribution in [1.82, 2.24) is 9.97 Å². The molecule has 0 saturated heterocycles. The zero-order valence-corrected chi connectivity index (χ0v) is 26.3. The highest BCUT2D eigenvalue weighted by Crippen LogP contribution is 2.46. The van der Waals surface area contributed by atoms with Crippen molar-refractivity contribution in [3.63, 3.8) is 0 Å². The summed E-state index contributed by atoms with van der Waals surface area (Å²) in [7, 11) is 0. The van der Waals surface area contributed by atoms with Crippen molar-refractivity contribution in [3.05, 3.63) is 133 Å². The molecule has 0 unspecified atom stereocenters. The molecule has 0 atom stereocenters. The molecule has 6 aromatic carbocycles. The van der Waals surface area contributed by atoms with E-state index in [-0.39, 0.29) is 0 Å². The summed E-state index contributed by atoms with van der Waals surface area (Å²) < 4.78 is 6.80. The number of benzene rings is 6. The number of rotatable bonds is 3. The maximum absolute atomic E-state index is 4.76. The zero-order chi connectivity index (χ0) is 29.5. The highest BCUT2D eigenvalue weighted by Gasteiger charge is 2.15. The van der Waals surface area contributed by atoms with E-state index in [0.717, 1.165) is 22.5 Å². The first-order chi connectivity index (χ1) is 22.2. The van der Waals surface area contributed by atoms with Crippen LogP contribution in [-0.2, 0) is 0 Å². The molecule has 0 bridgehead atoms. The van der Waals surface area contributed by atoms with E-state index < -0.39 is 0 Å². The van der Waals surface area contributed by atoms with Gasteiger partial charge in [0.05, 0.1) is 9.40 Å². The van der Waals surface area contributed by atoms with Gasteiger partial charge in [0.2, 0.25) is 0 Å². The molecule has 4 heterocycles. The Kier molecular flexibility index (Phi) is 5.52. The van der Waals surface area contributed by atoms with Gasteiger partial charge in [-0.1, -0.05) is 78.9 Å². The van der Waals surface area contributed by atoms with Gasteiger partial charge in [0.15, 0.2) is 5.82 Å². The Bertz CT molecular complexity index is 2750. The summed E-state index contributed by atoms with van der Waals surface area (Å²) in [5, 5.41) is 11.4. The lowest BCUT2D eigenvalue weighted by Gasteiger charge is -2.07. The quantitative estimate of drug-likeness (QED) is 0.195. The van der Waals surface area contributed by atoms with Gasteiger partial charge in [-0.15, -0.1) is 34.0 Å². The van der Waals surface area contributed by atoms with Crippen molar-refractivity contribution in [1.29, 1.82) is 0 Å². The molecule has 10 aromatic rings. The van der Waals surface area contributed by atoms with Gasteiger partial charge in [-0.25, -0.2) is 9.97 Å². The number of hydrogen-bond acceptors (Lipinski definition) is 5. The minimum atomic E-state index is 0.738. The molecule has 45 heavy (non-hydrogen) atoms. The summed E-state index contributed by atoms with van der Waals surface area (Å²) in [5.74, 6) is 0.738. The molecule has 10 rings (SSSR count). The number of thiophene rings is 3. The molecular formula is C40H22N2S3. The van der Waals surface area contributed by atoms with Gasteiger partial charge in [0.1, 0.15) is 0 Å². The highest BCUT2D eigenvalue weighted by atomic mass is 32.1. The van der Waals surface area contributed by atoms with Crippen LogP contribution in [-0.4, -0.2) is 9.97 Å². The average Bonchev–Trinajstić information content (AvgIpc) is 3.78. The van der Waals surface area contributed by atoms with E-state index in [2.05, 4.69) is 121 Å². The van der Waals surface area contributed by atoms with Crippen LogP contribution in [0.3, 0.4) is 0 Å². The standard InChI is InChI=1S/C40H22N2S3/c1-2-6-26-18-36-32(16-25(26)5-1)38-39(44-36)33-17-28-14-13-27(15-29(28)19-37(33)45-38)30-20-41-40(42-21-30)24-11-9-23(10-12-24)34-22-43-35-8-4-3-7-31(34)35/h1-22H. The molecule has 0 radical (unpaired) electrons. The van der Waals surface area contributed by atoms with E-state index in [9.17, 15) is 0 Å². The lowest BCUT2D eigenvalue weighted by molar-refractivity contribution is 1.18. The van der Waals surface area contributed by atoms with Crippen LogP contribution >= 0.6 is 34.0 Å². The Morgan fingerprint density at radius 2 is 1.02 bits per heavy atom. The molecule has 210 valence electrons. The van der Waals surface area contributed by atoms with Gasteiger partial charge in [-0.2, -0.15) is 0 Å². The van der Waals surface area contributed by atoms with Crippen LogP contribution in [0, 0.1) is 0 Å². The summed E-state index contributed by atoms with van der Waals surface area (Å²) in [6.45, 7) is 0. The summed E-state index contributed by atoms with van der Waals surface area (Å²) >= 11 is 5.61. The fraction of sp³-hybridized carbons (Fsp3) is 0. The Labute approximate surface area is 270 Å². The van der Waals surface area contributed by atoms with Crippen molar-refractivity contribution in [2.45, 2.75) is 0 Å². The first-order valence-electron chi connectivity index (χ1n) is 14.9. The number of hydrogen-bond donors (Lipinski definition) is 0. The second-order valence-corrected chi connectivity index (χ2v) is 14.5. The minimum Gasteiger partial charge on any atom is -0.236 e. The lowest BCUT2D eigenvalue weighted by atomic mass is 10.0. The second kappa shape index (κ2) is 9.78. The third kappa shape index (κ3) is 4.05. The Morgan fingerprint density at radius 1 is 0.422 bits per heavy atom. The van der Waals surface area contributed by atoms with Crippen molar-refractivity contribution in [2.75, 3.05) is 0 Å². The SMILES string of the molecule is c1ccc2cc3c(cc2c1)sc1c2cc4ccc(-c5cnc(-c6ccc(-c7csc8ccccc78)cc6)nc5)cc4cc2sc31. The summed E-state index contributed by atoms with van der Waals surface area (Å²) in [5.41, 5.74) is 5.65. The summed E-state index contributed by atoms with van der Waals surface area (Å²) in [6, 6.07) is 41.9. The molecule has 0 aliphatic rings. The van der Waals surface area contributed by atoms with Crippen LogP contribution in [0.2, 0.25) is 0 Å². The van der Waals surface area contributed by atoms with Crippen molar-refractivity contribution in [3.8, 4) is 33.6 Å². The van der Waals surface area contributed by atoms with Crippen LogP contribution in [0.4, 0.5) is 0 Å². The molecule has 0 aliphatic heterocycles. The lowest BCUT2D eigenvalue weighted by Crippen LogP contribution is -1.90. The van der Waals surface area contributed by atoms with E-state index in [4.69, 9.17) is 9.97 Å². The fourth-order valence-corrected chi connectivity index (χ4v) is 10.2. The Morgan fingerprint density at radius 3 is 1.78 bits per heavy atom. The minimum absolute atomic E-state index is 0.738. The van der Waals surface area contributed by atoms with Gasteiger partial charge in [-0.05, 0) is 74.5 Å². The summed E-state index contributed by atoms with van der Waals surface area (Å²) in [6.07, 6.45) is 3.89.